The molecule has 1 N–H and O–H groups in total. The van der Waals surface area contributed by atoms with Gasteiger partial charge in [-0.3, -0.25) is 0 Å². The van der Waals surface area contributed by atoms with Crippen LogP contribution < -0.4 is 4.72 Å². The summed E-state index contributed by atoms with van der Waals surface area (Å²) in [6, 6.07) is 5.99. The highest BCUT2D eigenvalue weighted by molar-refractivity contribution is 9.09. The predicted octanol–water partition coefficient (Wildman–Crippen LogP) is 3.04. The zero-order valence-corrected chi connectivity index (χ0v) is 12.8. The molecule has 0 saturated carbocycles. The number of hydrogen-bond acceptors (Lipinski definition) is 2. The maximum absolute atomic E-state index is 12.0. The van der Waals surface area contributed by atoms with Gasteiger partial charge in [-0.1, -0.05) is 41.4 Å². The number of alkyl halides is 1. The van der Waals surface area contributed by atoms with E-state index in [1.165, 1.54) is 12.1 Å². The van der Waals surface area contributed by atoms with Gasteiger partial charge in [0.1, 0.15) is 0 Å². The highest BCUT2D eigenvalue weighted by atomic mass is 79.9. The molecular weight excluding hydrogens is 326 g/mol. The lowest BCUT2D eigenvalue weighted by atomic mass is 10.1. The van der Waals surface area contributed by atoms with Crippen molar-refractivity contribution in [3.63, 3.8) is 0 Å². The summed E-state index contributed by atoms with van der Waals surface area (Å²) in [6.45, 7) is 3.94. The Morgan fingerprint density at radius 1 is 1.29 bits per heavy atom. The van der Waals surface area contributed by atoms with E-state index in [1.807, 2.05) is 13.8 Å². The molecule has 0 spiro atoms. The third-order valence-corrected chi connectivity index (χ3v) is 4.86. The molecule has 0 aliphatic rings. The minimum Gasteiger partial charge on any atom is -0.207 e. The van der Waals surface area contributed by atoms with Crippen molar-refractivity contribution in [1.29, 1.82) is 0 Å². The molecule has 17 heavy (non-hydrogen) atoms. The van der Waals surface area contributed by atoms with E-state index in [4.69, 9.17) is 11.6 Å². The smallest absolute Gasteiger partial charge is 0.207 e. The Hall–Kier alpha value is -0.100. The number of benzene rings is 1. The molecule has 0 heterocycles. The van der Waals surface area contributed by atoms with Crippen LogP contribution in [0.4, 0.5) is 0 Å². The summed E-state index contributed by atoms with van der Waals surface area (Å²) >= 11 is 9.03. The Balaban J connectivity index is 2.92. The molecule has 0 amide bonds. The van der Waals surface area contributed by atoms with Gasteiger partial charge in [0.25, 0.3) is 0 Å². The molecule has 96 valence electrons. The number of rotatable bonds is 5. The molecule has 0 saturated heterocycles. The van der Waals surface area contributed by atoms with Crippen molar-refractivity contribution in [3.05, 3.63) is 29.3 Å². The van der Waals surface area contributed by atoms with Crippen molar-refractivity contribution in [2.75, 3.05) is 5.33 Å². The van der Waals surface area contributed by atoms with Crippen LogP contribution in [0, 0.1) is 5.92 Å². The van der Waals surface area contributed by atoms with Gasteiger partial charge in [0.05, 0.1) is 4.90 Å². The van der Waals surface area contributed by atoms with Crippen molar-refractivity contribution in [3.8, 4) is 0 Å². The van der Waals surface area contributed by atoms with Crippen molar-refractivity contribution in [1.82, 2.24) is 4.72 Å². The van der Waals surface area contributed by atoms with Crippen LogP contribution >= 0.6 is 27.5 Å². The van der Waals surface area contributed by atoms with Crippen molar-refractivity contribution in [2.24, 2.45) is 5.92 Å². The SMILES string of the molecule is CC(C)C(CBr)NS(=O)(=O)c1ccc(Cl)cc1. The number of nitrogens with one attached hydrogen (secondary N) is 1. The summed E-state index contributed by atoms with van der Waals surface area (Å²) in [5.74, 6) is 0.219. The molecule has 1 aromatic carbocycles. The fourth-order valence-corrected chi connectivity index (χ4v) is 3.86. The summed E-state index contributed by atoms with van der Waals surface area (Å²) in [7, 11) is -3.47. The molecule has 0 radical (unpaired) electrons. The lowest BCUT2D eigenvalue weighted by Crippen LogP contribution is -2.39. The second-order valence-electron chi connectivity index (χ2n) is 4.08. The quantitative estimate of drug-likeness (QED) is 0.837. The van der Waals surface area contributed by atoms with E-state index in [2.05, 4.69) is 20.7 Å². The summed E-state index contributed by atoms with van der Waals surface area (Å²) in [5, 5.41) is 1.10. The molecular formula is C11H15BrClNO2S. The van der Waals surface area contributed by atoms with E-state index in [0.29, 0.717) is 10.4 Å². The highest BCUT2D eigenvalue weighted by Crippen LogP contribution is 2.16. The van der Waals surface area contributed by atoms with Gasteiger partial charge in [0.2, 0.25) is 10.0 Å². The van der Waals surface area contributed by atoms with Crippen LogP contribution in [0.25, 0.3) is 0 Å². The molecule has 0 aliphatic carbocycles. The topological polar surface area (TPSA) is 46.2 Å². The van der Waals surface area contributed by atoms with Crippen molar-refractivity contribution in [2.45, 2.75) is 24.8 Å². The summed E-state index contributed by atoms with van der Waals surface area (Å²) in [4.78, 5) is 0.230. The van der Waals surface area contributed by atoms with Gasteiger partial charge in [-0.15, -0.1) is 0 Å². The molecule has 0 fully saturated rings. The Morgan fingerprint density at radius 3 is 2.24 bits per heavy atom. The van der Waals surface area contributed by atoms with Gasteiger partial charge < -0.3 is 0 Å². The van der Waals surface area contributed by atoms with Gasteiger partial charge in [0, 0.05) is 16.4 Å². The van der Waals surface area contributed by atoms with Gasteiger partial charge in [-0.25, -0.2) is 13.1 Å². The second-order valence-corrected chi connectivity index (χ2v) is 6.88. The first-order valence-corrected chi connectivity index (χ1v) is 8.19. The van der Waals surface area contributed by atoms with Gasteiger partial charge in [-0.05, 0) is 30.2 Å². The number of halogens is 2. The Bertz CT molecular complexity index is 459. The van der Waals surface area contributed by atoms with Crippen LogP contribution in [0.5, 0.6) is 0 Å². The first-order chi connectivity index (χ1) is 7.86. The Labute approximate surface area is 116 Å². The fraction of sp³-hybridized carbons (Fsp3) is 0.455. The van der Waals surface area contributed by atoms with Crippen LogP contribution in [0.1, 0.15) is 13.8 Å². The van der Waals surface area contributed by atoms with E-state index in [-0.39, 0.29) is 16.9 Å². The van der Waals surface area contributed by atoms with E-state index >= 15 is 0 Å². The maximum atomic E-state index is 12.0. The molecule has 0 bridgehead atoms. The highest BCUT2D eigenvalue weighted by Gasteiger charge is 2.21. The van der Waals surface area contributed by atoms with E-state index in [0.717, 1.165) is 0 Å². The number of hydrogen-bond donors (Lipinski definition) is 1. The standard InChI is InChI=1S/C11H15BrClNO2S/c1-8(2)11(7-12)14-17(15,16)10-5-3-9(13)4-6-10/h3-6,8,11,14H,7H2,1-2H3. The molecule has 3 nitrogen and oxygen atoms in total. The third kappa shape index (κ3) is 4.25. The largest absolute Gasteiger partial charge is 0.240 e. The third-order valence-electron chi connectivity index (χ3n) is 2.40. The van der Waals surface area contributed by atoms with Crippen LogP contribution in [-0.4, -0.2) is 19.8 Å². The van der Waals surface area contributed by atoms with Gasteiger partial charge in [0.15, 0.2) is 0 Å². The van der Waals surface area contributed by atoms with Gasteiger partial charge >= 0.3 is 0 Å². The van der Waals surface area contributed by atoms with E-state index in [9.17, 15) is 8.42 Å². The van der Waals surface area contributed by atoms with Crippen LogP contribution in [0.3, 0.4) is 0 Å². The lowest BCUT2D eigenvalue weighted by Gasteiger charge is -2.19. The predicted molar refractivity (Wildman–Crippen MR) is 74.2 cm³/mol. The molecule has 6 heteroatoms. The molecule has 1 atom stereocenters. The fourth-order valence-electron chi connectivity index (χ4n) is 1.23. The van der Waals surface area contributed by atoms with E-state index < -0.39 is 10.0 Å². The summed E-state index contributed by atoms with van der Waals surface area (Å²) in [5.41, 5.74) is 0. The van der Waals surface area contributed by atoms with E-state index in [1.54, 1.807) is 12.1 Å². The Kier molecular flexibility index (Phi) is 5.44. The van der Waals surface area contributed by atoms with Crippen LogP contribution in [0.15, 0.2) is 29.2 Å². The minimum atomic E-state index is -3.47. The first-order valence-electron chi connectivity index (χ1n) is 5.20. The average molecular weight is 341 g/mol. The minimum absolute atomic E-state index is 0.129. The van der Waals surface area contributed by atoms with Crippen LogP contribution in [-0.2, 0) is 10.0 Å². The zero-order valence-electron chi connectivity index (χ0n) is 9.65. The van der Waals surface area contributed by atoms with Crippen molar-refractivity contribution < 1.29 is 8.42 Å². The second kappa shape index (κ2) is 6.18. The Morgan fingerprint density at radius 2 is 1.82 bits per heavy atom. The first kappa shape index (κ1) is 15.0. The normalized spacial score (nSPS) is 13.9. The average Bonchev–Trinajstić information content (AvgIpc) is 2.26. The van der Waals surface area contributed by atoms with Gasteiger partial charge in [-0.2, -0.15) is 0 Å². The molecule has 0 aromatic heterocycles. The van der Waals surface area contributed by atoms with Crippen molar-refractivity contribution >= 4 is 37.6 Å². The lowest BCUT2D eigenvalue weighted by molar-refractivity contribution is 0.484. The summed E-state index contributed by atoms with van der Waals surface area (Å²) < 4.78 is 26.7. The number of sulfonamides is 1. The summed E-state index contributed by atoms with van der Waals surface area (Å²) in [6.07, 6.45) is 0. The zero-order chi connectivity index (χ0) is 13.1. The maximum Gasteiger partial charge on any atom is 0.240 e. The van der Waals surface area contributed by atoms with Crippen LogP contribution in [0.2, 0.25) is 5.02 Å². The molecule has 1 unspecified atom stereocenters. The monoisotopic (exact) mass is 339 g/mol. The molecule has 1 rings (SSSR count). The molecule has 1 aromatic rings. The molecule has 0 aliphatic heterocycles.